The first-order valence-corrected chi connectivity index (χ1v) is 25.2. The molecule has 18 heteroatoms. The molecule has 18 nitrogen and oxygen atoms in total. The number of nitrogens with zero attached hydrogens (tertiary/aromatic N) is 4. The van der Waals surface area contributed by atoms with Crippen LogP contribution in [0.3, 0.4) is 0 Å². The zero-order valence-electron chi connectivity index (χ0n) is 42.0. The number of alkyl carbamates (subject to hydrolysis) is 1. The molecule has 3 aromatic carbocycles. The maximum absolute atomic E-state index is 14.7. The smallest absolute Gasteiger partial charge is 0.408 e. The Bertz CT molecular complexity index is 2600. The topological polar surface area (TPSA) is 238 Å². The lowest BCUT2D eigenvalue weighted by Crippen LogP contribution is -2.62. The van der Waals surface area contributed by atoms with Gasteiger partial charge >= 0.3 is 6.09 Å². The Hall–Kier alpha value is -7.55. The number of hydrogen-bond donors (Lipinski definition) is 4. The predicted molar refractivity (Wildman–Crippen MR) is 268 cm³/mol. The van der Waals surface area contributed by atoms with Crippen LogP contribution in [0.15, 0.2) is 78.9 Å². The minimum absolute atomic E-state index is 0.0895. The highest BCUT2D eigenvalue weighted by molar-refractivity contribution is 6.05. The van der Waals surface area contributed by atoms with Gasteiger partial charge in [-0.1, -0.05) is 85.0 Å². The molecule has 0 radical (unpaired) electrons. The monoisotopic (exact) mass is 998 g/mol. The average Bonchev–Trinajstić information content (AvgIpc) is 3.94. The second-order valence-electron chi connectivity index (χ2n) is 20.1. The average molecular weight is 999 g/mol. The first kappa shape index (κ1) is 53.3. The van der Waals surface area contributed by atoms with Crippen LogP contribution < -0.4 is 21.7 Å². The molecule has 0 saturated carbocycles. The Kier molecular flexibility index (Phi) is 17.3. The van der Waals surface area contributed by atoms with Gasteiger partial charge in [0.25, 0.3) is 11.8 Å². The molecular weight excluding hydrogens is 933 g/mol. The largest absolute Gasteiger partial charge is 0.444 e. The normalized spacial score (nSPS) is 20.3. The van der Waals surface area contributed by atoms with Crippen molar-refractivity contribution >= 4 is 53.4 Å². The van der Waals surface area contributed by atoms with E-state index < -0.39 is 71.6 Å². The number of rotatable bonds is 16. The maximum Gasteiger partial charge on any atom is 0.408 e. The molecule has 0 bridgehead atoms. The molecule has 0 aromatic heterocycles. The summed E-state index contributed by atoms with van der Waals surface area (Å²) in [5.41, 5.74) is 8.18. The molecule has 73 heavy (non-hydrogen) atoms. The quantitative estimate of drug-likeness (QED) is 0.0905. The Morgan fingerprint density at radius 3 is 2.18 bits per heavy atom. The van der Waals surface area contributed by atoms with Crippen molar-refractivity contribution in [2.75, 3.05) is 20.1 Å². The molecule has 3 fully saturated rings. The molecular formula is C55H66N8O10. The standard InChI is InChI=1S/C55H66N8O10/c1-55(2,3)73-54(72)58-42-34-61(47(66)24-15-7-5-6-10-17-35-22-16-23-39-40(35)33-62(51(39)69)44-28-30-46(65)60(4)53(44)71)32-31-38-25-27-43(63(38)52(42)70)50(68)57-41(26-29-45(56)64)49(67)59-48(36-18-11-8-12-19-36)37-20-13-9-14-21-37/h8-9,11-14,16,18-23,38,41-44,48H,5-7,15,24-34H2,1-4H3,(H2,56,64)(H,57,68)(H,58,72)(H,59,67)/t38-,41?,42+,43+,44?/m1/s1. The van der Waals surface area contributed by atoms with Gasteiger partial charge in [-0.25, -0.2) is 4.79 Å². The van der Waals surface area contributed by atoms with E-state index in [2.05, 4.69) is 27.8 Å². The number of carbonyl (C=O) groups excluding carboxylic acids is 9. The number of nitrogens with two attached hydrogens (primary N) is 1. The van der Waals surface area contributed by atoms with E-state index in [1.165, 1.54) is 16.8 Å². The molecule has 0 aliphatic carbocycles. The van der Waals surface area contributed by atoms with Gasteiger partial charge < -0.3 is 41.1 Å². The Labute approximate surface area is 426 Å². The van der Waals surface area contributed by atoms with Crippen LogP contribution in [0.5, 0.6) is 0 Å². The summed E-state index contributed by atoms with van der Waals surface area (Å²) in [6.45, 7) is 5.40. The van der Waals surface area contributed by atoms with Crippen molar-refractivity contribution in [1.82, 2.24) is 35.6 Å². The maximum atomic E-state index is 14.7. The molecule has 0 spiro atoms. The molecule has 4 heterocycles. The number of amides is 9. The lowest BCUT2D eigenvalue weighted by molar-refractivity contribution is -0.150. The Balaban J connectivity index is 0.970. The van der Waals surface area contributed by atoms with Gasteiger partial charge in [0.15, 0.2) is 0 Å². The second kappa shape index (κ2) is 23.8. The summed E-state index contributed by atoms with van der Waals surface area (Å²) in [4.78, 5) is 126. The second-order valence-corrected chi connectivity index (χ2v) is 20.1. The first-order chi connectivity index (χ1) is 34.9. The summed E-state index contributed by atoms with van der Waals surface area (Å²) in [7, 11) is 1.44. The molecule has 3 aromatic rings. The van der Waals surface area contributed by atoms with Crippen LogP contribution in [0.1, 0.15) is 136 Å². The van der Waals surface area contributed by atoms with Crippen molar-refractivity contribution in [2.24, 2.45) is 5.73 Å². The third kappa shape index (κ3) is 13.3. The van der Waals surface area contributed by atoms with E-state index in [9.17, 15) is 43.2 Å². The highest BCUT2D eigenvalue weighted by Gasteiger charge is 2.47. The molecule has 5 N–H and O–H groups in total. The van der Waals surface area contributed by atoms with E-state index in [1.54, 1.807) is 37.8 Å². The number of imide groups is 1. The van der Waals surface area contributed by atoms with Crippen LogP contribution in [0.25, 0.3) is 0 Å². The van der Waals surface area contributed by atoms with Crippen molar-refractivity contribution < 1.29 is 47.9 Å². The van der Waals surface area contributed by atoms with E-state index in [-0.39, 0.29) is 81.8 Å². The van der Waals surface area contributed by atoms with Gasteiger partial charge in [0.1, 0.15) is 29.8 Å². The van der Waals surface area contributed by atoms with Gasteiger partial charge in [-0.15, -0.1) is 0 Å². The predicted octanol–water partition coefficient (Wildman–Crippen LogP) is 4.23. The van der Waals surface area contributed by atoms with Crippen molar-refractivity contribution in [3.63, 3.8) is 0 Å². The molecule has 386 valence electrons. The fraction of sp³-hybridized carbons (Fsp3) is 0.473. The number of fused-ring (bicyclic) bond motifs is 2. The lowest BCUT2D eigenvalue weighted by Gasteiger charge is -2.39. The van der Waals surface area contributed by atoms with Crippen molar-refractivity contribution in [2.45, 2.75) is 146 Å². The molecule has 5 atom stereocenters. The SMILES string of the molecule is CN1C(=O)CCC(N2Cc3c(C#CCCCCCC(=O)N4CC[C@H]5CC[C@@H](C(=O)NC(CCC(N)=O)C(=O)NC(c6ccccc6)c6ccccc6)N5C(=O)[C@@H](NC(=O)OC(C)(C)C)C4)cccc3C2=O)C1=O. The number of primary amides is 1. The van der Waals surface area contributed by atoms with Gasteiger partial charge in [-0.05, 0) is 94.5 Å². The van der Waals surface area contributed by atoms with Gasteiger partial charge in [-0.3, -0.25) is 43.3 Å². The Morgan fingerprint density at radius 1 is 0.808 bits per heavy atom. The fourth-order valence-corrected chi connectivity index (χ4v) is 10.0. The summed E-state index contributed by atoms with van der Waals surface area (Å²) in [6, 6.07) is 18.8. The molecule has 4 aliphatic heterocycles. The van der Waals surface area contributed by atoms with Crippen LogP contribution >= 0.6 is 0 Å². The van der Waals surface area contributed by atoms with Gasteiger partial charge in [-0.2, -0.15) is 0 Å². The molecule has 4 aliphatic rings. The molecule has 7 rings (SSSR count). The summed E-state index contributed by atoms with van der Waals surface area (Å²) in [5.74, 6) is 2.94. The summed E-state index contributed by atoms with van der Waals surface area (Å²) < 4.78 is 5.53. The van der Waals surface area contributed by atoms with Gasteiger partial charge in [0.2, 0.25) is 35.4 Å². The third-order valence-corrected chi connectivity index (χ3v) is 13.8. The van der Waals surface area contributed by atoms with E-state index in [1.807, 2.05) is 66.7 Å². The van der Waals surface area contributed by atoms with Crippen LogP contribution in [-0.2, 0) is 44.8 Å². The van der Waals surface area contributed by atoms with Crippen LogP contribution in [0, 0.1) is 11.8 Å². The summed E-state index contributed by atoms with van der Waals surface area (Å²) in [5, 5.41) is 8.57. The molecule has 9 amide bonds. The number of hydrogen-bond acceptors (Lipinski definition) is 10. The number of benzene rings is 3. The highest BCUT2D eigenvalue weighted by Crippen LogP contribution is 2.32. The number of carbonyl (C=O) groups is 9. The Morgan fingerprint density at radius 2 is 1.51 bits per heavy atom. The number of piperidine rings is 1. The van der Waals surface area contributed by atoms with Crippen LogP contribution in [0.4, 0.5) is 4.79 Å². The van der Waals surface area contributed by atoms with Gasteiger partial charge in [0.05, 0.1) is 12.6 Å². The van der Waals surface area contributed by atoms with Gasteiger partial charge in [0, 0.05) is 63.0 Å². The molecule has 3 saturated heterocycles. The zero-order chi connectivity index (χ0) is 52.4. The first-order valence-electron chi connectivity index (χ1n) is 25.2. The minimum Gasteiger partial charge on any atom is -0.444 e. The number of likely N-dealkylation sites (N-methyl/N-ethyl adjacent to an activating group) is 1. The van der Waals surface area contributed by atoms with E-state index in [4.69, 9.17) is 10.5 Å². The number of likely N-dealkylation sites (tertiary alicyclic amines) is 1. The lowest BCUT2D eigenvalue weighted by atomic mass is 9.98. The van der Waals surface area contributed by atoms with Crippen LogP contribution in [0.2, 0.25) is 0 Å². The zero-order valence-corrected chi connectivity index (χ0v) is 42.0. The van der Waals surface area contributed by atoms with E-state index in [0.717, 1.165) is 21.6 Å². The van der Waals surface area contributed by atoms with Crippen LogP contribution in [-0.4, -0.2) is 129 Å². The highest BCUT2D eigenvalue weighted by atomic mass is 16.6. The van der Waals surface area contributed by atoms with Crippen molar-refractivity contribution in [3.05, 3.63) is 107 Å². The summed E-state index contributed by atoms with van der Waals surface area (Å²) >= 11 is 0. The minimum atomic E-state index is -1.26. The third-order valence-electron chi connectivity index (χ3n) is 13.8. The fourth-order valence-electron chi connectivity index (χ4n) is 10.0. The number of nitrogens with one attached hydrogen (secondary N) is 3. The van der Waals surface area contributed by atoms with E-state index in [0.29, 0.717) is 49.7 Å². The molecule has 2 unspecified atom stereocenters. The van der Waals surface area contributed by atoms with Crippen molar-refractivity contribution in [1.29, 1.82) is 0 Å². The van der Waals surface area contributed by atoms with E-state index >= 15 is 0 Å². The van der Waals surface area contributed by atoms with Crippen molar-refractivity contribution in [3.8, 4) is 11.8 Å². The number of unbranched alkanes of at least 4 members (excludes halogenated alkanes) is 3. The number of ether oxygens (including phenoxy) is 1. The summed E-state index contributed by atoms with van der Waals surface area (Å²) in [6.07, 6.45) is 3.05.